The average molecular weight is 418 g/mol. The van der Waals surface area contributed by atoms with Gasteiger partial charge in [-0.15, -0.1) is 0 Å². The highest BCUT2D eigenvalue weighted by Gasteiger charge is 2.55. The minimum absolute atomic E-state index is 0.690. The molecular formula is C21H23NO8. The maximum absolute atomic E-state index is 12.6. The molecule has 160 valence electrons. The quantitative estimate of drug-likeness (QED) is 0.225. The Labute approximate surface area is 173 Å². The maximum Gasteiger partial charge on any atom is 0.351 e. The molecule has 0 spiro atoms. The summed E-state index contributed by atoms with van der Waals surface area (Å²) in [5.74, 6) is -4.27. The Morgan fingerprint density at radius 1 is 1.07 bits per heavy atom. The molecule has 9 heteroatoms. The Morgan fingerprint density at radius 2 is 1.57 bits per heavy atom. The lowest BCUT2D eigenvalue weighted by atomic mass is 9.89. The molecule has 7 N–H and O–H groups in total. The number of benzene rings is 2. The van der Waals surface area contributed by atoms with Crippen LogP contribution in [0.25, 0.3) is 11.1 Å². The molecule has 0 aliphatic heterocycles. The van der Waals surface area contributed by atoms with E-state index in [-0.39, 0.29) is 0 Å². The molecule has 3 rings (SSSR count). The number of rotatable bonds is 8. The van der Waals surface area contributed by atoms with Gasteiger partial charge in [0.2, 0.25) is 0 Å². The fourth-order valence-corrected chi connectivity index (χ4v) is 3.49. The van der Waals surface area contributed by atoms with E-state index in [1.165, 1.54) is 0 Å². The van der Waals surface area contributed by atoms with Crippen molar-refractivity contribution in [1.82, 2.24) is 0 Å². The molecule has 30 heavy (non-hydrogen) atoms. The minimum atomic E-state index is -3.47. The van der Waals surface area contributed by atoms with Crippen molar-refractivity contribution in [1.29, 1.82) is 0 Å². The second-order valence-corrected chi connectivity index (χ2v) is 7.01. The summed E-state index contributed by atoms with van der Waals surface area (Å²) in [6.07, 6.45) is -6.89. The molecule has 5 atom stereocenters. The highest BCUT2D eigenvalue weighted by Crippen LogP contribution is 2.44. The van der Waals surface area contributed by atoms with Crippen molar-refractivity contribution in [2.24, 2.45) is 5.73 Å². The third-order valence-electron chi connectivity index (χ3n) is 5.21. The maximum atomic E-state index is 12.6. The molecule has 0 aromatic heterocycles. The number of nitrogens with two attached hydrogens (primary N) is 1. The summed E-state index contributed by atoms with van der Waals surface area (Å²) in [5, 5.41) is 48.9. The largest absolute Gasteiger partial charge is 0.462 e. The van der Waals surface area contributed by atoms with Gasteiger partial charge in [0.05, 0.1) is 7.98 Å². The number of hydrogen-bond donors (Lipinski definition) is 6. The summed E-state index contributed by atoms with van der Waals surface area (Å²) in [5.41, 5.74) is 4.66. The Bertz CT molecular complexity index is 940. The molecule has 0 radical (unpaired) electrons. The normalized spacial score (nSPS) is 19.4. The summed E-state index contributed by atoms with van der Waals surface area (Å²) in [4.78, 5) is 24.5. The van der Waals surface area contributed by atoms with E-state index in [2.05, 4.69) is 0 Å². The summed E-state index contributed by atoms with van der Waals surface area (Å²) in [6.45, 7) is -2.67. The number of ether oxygens (including phenoxy) is 1. The number of hydrogen-bond acceptors (Lipinski definition) is 8. The van der Waals surface area contributed by atoms with Gasteiger partial charge in [-0.05, 0) is 22.3 Å². The fraction of sp³-hybridized carbons (Fsp3) is 0.333. The zero-order chi connectivity index (χ0) is 22.9. The third kappa shape index (κ3) is 3.57. The standard InChI is InChI=1S/C21H23NO8/c22-19(27)21(29,18(26)17(25)16(24)9-23)20(28)30-10-15-13-7-3-1-5-11(13)12-6-2-4-8-14(12)15/h1-8,15-18,23-26,29H,9-10H2,(H2,22,27)/t16-,17-,18+,21-/m1/s1/i10D/t10?,16-,17-,18+,21-. The number of esters is 1. The van der Waals surface area contributed by atoms with Crippen LogP contribution in [0.3, 0.4) is 0 Å². The molecule has 9 nitrogen and oxygen atoms in total. The van der Waals surface area contributed by atoms with Crippen LogP contribution in [0, 0.1) is 0 Å². The fourth-order valence-electron chi connectivity index (χ4n) is 3.49. The van der Waals surface area contributed by atoms with E-state index in [0.29, 0.717) is 11.1 Å². The molecule has 1 aliphatic rings. The Kier molecular flexibility index (Phi) is 5.80. The van der Waals surface area contributed by atoms with Gasteiger partial charge in [-0.3, -0.25) is 4.79 Å². The third-order valence-corrected chi connectivity index (χ3v) is 5.21. The Balaban J connectivity index is 1.91. The smallest absolute Gasteiger partial charge is 0.351 e. The van der Waals surface area contributed by atoms with Gasteiger partial charge in [0.15, 0.2) is 0 Å². The minimum Gasteiger partial charge on any atom is -0.462 e. The predicted octanol–water partition coefficient (Wildman–Crippen LogP) is -1.37. The van der Waals surface area contributed by atoms with Crippen molar-refractivity contribution in [3.8, 4) is 11.1 Å². The van der Waals surface area contributed by atoms with Gasteiger partial charge < -0.3 is 36.0 Å². The highest BCUT2D eigenvalue weighted by atomic mass is 16.6. The molecule has 0 bridgehead atoms. The average Bonchev–Trinajstić information content (AvgIpc) is 3.11. The van der Waals surface area contributed by atoms with Gasteiger partial charge in [-0.25, -0.2) is 4.79 Å². The number of amides is 1. The first kappa shape index (κ1) is 20.5. The first-order valence-electron chi connectivity index (χ1n) is 9.71. The van der Waals surface area contributed by atoms with Crippen LogP contribution >= 0.6 is 0 Å². The van der Waals surface area contributed by atoms with E-state index < -0.39 is 54.9 Å². The lowest BCUT2D eigenvalue weighted by molar-refractivity contribution is -0.197. The summed E-state index contributed by atoms with van der Waals surface area (Å²) < 4.78 is 13.4. The van der Waals surface area contributed by atoms with Crippen LogP contribution in [0.4, 0.5) is 0 Å². The van der Waals surface area contributed by atoms with Crippen LogP contribution in [-0.4, -0.2) is 74.5 Å². The van der Waals surface area contributed by atoms with Crippen LogP contribution in [0.1, 0.15) is 18.4 Å². The number of fused-ring (bicyclic) bond motifs is 3. The number of aliphatic hydroxyl groups excluding tert-OH is 4. The molecule has 1 amide bonds. The van der Waals surface area contributed by atoms with Crippen LogP contribution in [-0.2, 0) is 14.3 Å². The zero-order valence-electron chi connectivity index (χ0n) is 16.8. The second-order valence-electron chi connectivity index (χ2n) is 7.01. The van der Waals surface area contributed by atoms with Gasteiger partial charge >= 0.3 is 5.97 Å². The lowest BCUT2D eigenvalue weighted by Crippen LogP contribution is -2.65. The summed E-state index contributed by atoms with van der Waals surface area (Å²) >= 11 is 0. The second kappa shape index (κ2) is 8.50. The lowest BCUT2D eigenvalue weighted by Gasteiger charge is -2.32. The first-order chi connectivity index (χ1) is 14.6. The van der Waals surface area contributed by atoms with Crippen LogP contribution < -0.4 is 5.73 Å². The van der Waals surface area contributed by atoms with Gasteiger partial charge in [0.25, 0.3) is 11.5 Å². The Morgan fingerprint density at radius 3 is 2.03 bits per heavy atom. The van der Waals surface area contributed by atoms with E-state index in [4.69, 9.17) is 16.9 Å². The zero-order valence-corrected chi connectivity index (χ0v) is 15.8. The van der Waals surface area contributed by atoms with Crippen molar-refractivity contribution in [3.63, 3.8) is 0 Å². The van der Waals surface area contributed by atoms with Crippen molar-refractivity contribution in [2.75, 3.05) is 13.2 Å². The van der Waals surface area contributed by atoms with Gasteiger partial charge in [-0.2, -0.15) is 0 Å². The molecule has 0 saturated carbocycles. The predicted molar refractivity (Wildman–Crippen MR) is 104 cm³/mol. The van der Waals surface area contributed by atoms with E-state index in [0.717, 1.165) is 11.1 Å². The van der Waals surface area contributed by atoms with Crippen molar-refractivity contribution >= 4 is 11.9 Å². The summed E-state index contributed by atoms with van der Waals surface area (Å²) in [6, 6.07) is 14.3. The Hall–Kier alpha value is -2.82. The van der Waals surface area contributed by atoms with Gasteiger partial charge in [0, 0.05) is 5.92 Å². The van der Waals surface area contributed by atoms with E-state index in [9.17, 15) is 30.0 Å². The van der Waals surface area contributed by atoms with Crippen molar-refractivity contribution < 1.29 is 41.2 Å². The topological polar surface area (TPSA) is 171 Å². The number of carbonyl (C=O) groups is 2. The van der Waals surface area contributed by atoms with E-state index in [1.807, 2.05) is 24.3 Å². The van der Waals surface area contributed by atoms with Crippen LogP contribution in [0.5, 0.6) is 0 Å². The molecule has 1 aliphatic carbocycles. The highest BCUT2D eigenvalue weighted by molar-refractivity contribution is 6.06. The van der Waals surface area contributed by atoms with E-state index >= 15 is 0 Å². The van der Waals surface area contributed by atoms with E-state index in [1.54, 1.807) is 24.3 Å². The molecule has 0 saturated heterocycles. The van der Waals surface area contributed by atoms with Crippen molar-refractivity contribution in [3.05, 3.63) is 59.7 Å². The number of primary amides is 1. The number of aliphatic hydroxyl groups is 5. The molecule has 0 heterocycles. The monoisotopic (exact) mass is 418 g/mol. The molecular weight excluding hydrogens is 394 g/mol. The van der Waals surface area contributed by atoms with Crippen molar-refractivity contribution in [2.45, 2.75) is 29.8 Å². The molecule has 2 aromatic carbocycles. The molecule has 0 fully saturated rings. The summed E-state index contributed by atoms with van der Waals surface area (Å²) in [7, 11) is 0. The van der Waals surface area contributed by atoms with Crippen LogP contribution in [0.15, 0.2) is 48.5 Å². The SMILES string of the molecule is [2H]C(OC(=O)[C@](O)(C(N)=O)[C@@H](O)[C@H](O)[C@H](O)CO)C1c2ccccc2-c2ccccc21. The van der Waals surface area contributed by atoms with Gasteiger partial charge in [-0.1, -0.05) is 48.5 Å². The van der Waals surface area contributed by atoms with Crippen LogP contribution in [0.2, 0.25) is 0 Å². The van der Waals surface area contributed by atoms with Gasteiger partial charge in [0.1, 0.15) is 24.9 Å². The number of carbonyl (C=O) groups excluding carboxylic acids is 2. The molecule has 2 aromatic rings. The molecule has 1 unspecified atom stereocenters. The first-order valence-corrected chi connectivity index (χ1v) is 9.13.